The van der Waals surface area contributed by atoms with Crippen LogP contribution < -0.4 is 0 Å². The predicted octanol–water partition coefficient (Wildman–Crippen LogP) is 0.386. The number of carbonyl (C=O) groups is 1. The van der Waals surface area contributed by atoms with E-state index in [-0.39, 0.29) is 16.3 Å². The van der Waals surface area contributed by atoms with Gasteiger partial charge in [0.2, 0.25) is 0 Å². The molecule has 13 heavy (non-hydrogen) atoms. The summed E-state index contributed by atoms with van der Waals surface area (Å²) < 4.78 is 25.3. The molecule has 1 aromatic rings. The van der Waals surface area contributed by atoms with Crippen LogP contribution in [0.5, 0.6) is 0 Å². The molecule has 0 unspecified atom stereocenters. The number of hydrogen-bond acceptors (Lipinski definition) is 5. The number of rotatable bonds is 3. The molecular weight excluding hydrogens is 214 g/mol. The van der Waals surface area contributed by atoms with E-state index in [1.165, 1.54) is 6.07 Å². The zero-order valence-corrected chi connectivity index (χ0v) is 8.35. The Bertz CT molecular complexity index is 420. The van der Waals surface area contributed by atoms with Gasteiger partial charge in [0.05, 0.1) is 11.4 Å². The molecule has 0 spiro atoms. The second-order valence-electron chi connectivity index (χ2n) is 2.56. The van der Waals surface area contributed by atoms with Crippen molar-refractivity contribution in [3.05, 3.63) is 16.6 Å². The van der Waals surface area contributed by atoms with E-state index in [4.69, 9.17) is 5.11 Å². The summed E-state index contributed by atoms with van der Waals surface area (Å²) in [4.78, 5) is 10.5. The van der Waals surface area contributed by atoms with Crippen molar-refractivity contribution < 1.29 is 18.3 Å². The number of sulfone groups is 1. The highest BCUT2D eigenvalue weighted by atomic mass is 32.2. The first kappa shape index (κ1) is 10.1. The van der Waals surface area contributed by atoms with Crippen molar-refractivity contribution in [2.24, 2.45) is 0 Å². The van der Waals surface area contributed by atoms with Gasteiger partial charge < -0.3 is 5.11 Å². The average molecular weight is 221 g/mol. The average Bonchev–Trinajstić information content (AvgIpc) is 2.31. The van der Waals surface area contributed by atoms with E-state index in [2.05, 4.69) is 4.37 Å². The third-order valence-corrected chi connectivity index (χ3v) is 2.81. The van der Waals surface area contributed by atoms with Crippen LogP contribution in [-0.2, 0) is 15.6 Å². The fourth-order valence-electron chi connectivity index (χ4n) is 0.749. The molecule has 0 fully saturated rings. The van der Waals surface area contributed by atoms with Crippen LogP contribution in [0.4, 0.5) is 0 Å². The molecule has 5 nitrogen and oxygen atoms in total. The Morgan fingerprint density at radius 2 is 2.31 bits per heavy atom. The lowest BCUT2D eigenvalue weighted by molar-refractivity contribution is 0.0702. The lowest BCUT2D eigenvalue weighted by atomic mass is 10.4. The Morgan fingerprint density at radius 1 is 1.69 bits per heavy atom. The summed E-state index contributed by atoms with van der Waals surface area (Å²) in [6, 6.07) is 1.27. The zero-order valence-electron chi connectivity index (χ0n) is 6.72. The minimum Gasteiger partial charge on any atom is -0.477 e. The number of carboxylic acids is 1. The number of carboxylic acid groups (broad SMARTS) is 1. The highest BCUT2D eigenvalue weighted by Crippen LogP contribution is 2.11. The second kappa shape index (κ2) is 3.43. The Morgan fingerprint density at radius 3 is 2.69 bits per heavy atom. The SMILES string of the molecule is CS(=O)(=O)Cc1cc(C(=O)O)sn1. The van der Waals surface area contributed by atoms with Crippen LogP contribution in [0.2, 0.25) is 0 Å². The predicted molar refractivity (Wildman–Crippen MR) is 47.6 cm³/mol. The van der Waals surface area contributed by atoms with Crippen molar-refractivity contribution in [2.45, 2.75) is 5.75 Å². The standard InChI is InChI=1S/C6H7NO4S2/c1-13(10,11)3-4-2-5(6(8)9)12-7-4/h2H,3H2,1H3,(H,8,9). The molecule has 0 amide bonds. The van der Waals surface area contributed by atoms with Crippen molar-refractivity contribution >= 4 is 27.3 Å². The van der Waals surface area contributed by atoms with Crippen molar-refractivity contribution in [3.63, 3.8) is 0 Å². The molecule has 1 rings (SSSR count). The summed E-state index contributed by atoms with van der Waals surface area (Å²) in [7, 11) is -3.14. The molecule has 0 saturated heterocycles. The van der Waals surface area contributed by atoms with E-state index in [1.54, 1.807) is 0 Å². The third-order valence-electron chi connectivity index (χ3n) is 1.18. The molecule has 0 aliphatic rings. The van der Waals surface area contributed by atoms with Gasteiger partial charge in [-0.1, -0.05) is 0 Å². The van der Waals surface area contributed by atoms with Gasteiger partial charge in [-0.05, 0) is 17.6 Å². The van der Waals surface area contributed by atoms with Crippen LogP contribution in [0, 0.1) is 0 Å². The van der Waals surface area contributed by atoms with E-state index in [0.29, 0.717) is 0 Å². The van der Waals surface area contributed by atoms with Crippen LogP contribution in [0.15, 0.2) is 6.07 Å². The maximum atomic E-state index is 10.8. The molecule has 0 aliphatic carbocycles. The van der Waals surface area contributed by atoms with Gasteiger partial charge in [0.1, 0.15) is 4.88 Å². The molecule has 0 radical (unpaired) electrons. The molecule has 0 atom stereocenters. The van der Waals surface area contributed by atoms with Gasteiger partial charge in [-0.25, -0.2) is 13.2 Å². The van der Waals surface area contributed by atoms with E-state index < -0.39 is 15.8 Å². The maximum absolute atomic E-state index is 10.8. The van der Waals surface area contributed by atoms with Crippen molar-refractivity contribution in [1.82, 2.24) is 4.37 Å². The summed E-state index contributed by atoms with van der Waals surface area (Å²) in [5.74, 6) is -1.30. The minimum atomic E-state index is -3.14. The number of hydrogen-bond donors (Lipinski definition) is 1. The maximum Gasteiger partial charge on any atom is 0.347 e. The molecule has 0 aliphatic heterocycles. The van der Waals surface area contributed by atoms with Crippen LogP contribution in [0.25, 0.3) is 0 Å². The normalized spacial score (nSPS) is 11.5. The lowest BCUT2D eigenvalue weighted by Gasteiger charge is -1.90. The smallest absolute Gasteiger partial charge is 0.347 e. The summed E-state index contributed by atoms with van der Waals surface area (Å²) in [5.41, 5.74) is 0.282. The van der Waals surface area contributed by atoms with Crippen LogP contribution in [0.1, 0.15) is 15.4 Å². The second-order valence-corrected chi connectivity index (χ2v) is 5.50. The van der Waals surface area contributed by atoms with Crippen LogP contribution in [0.3, 0.4) is 0 Å². The Labute approximate surface area is 79.1 Å². The number of aromatic nitrogens is 1. The van der Waals surface area contributed by atoms with Gasteiger partial charge in [-0.2, -0.15) is 4.37 Å². The highest BCUT2D eigenvalue weighted by molar-refractivity contribution is 7.89. The molecule has 0 aromatic carbocycles. The number of nitrogens with zero attached hydrogens (tertiary/aromatic N) is 1. The Balaban J connectivity index is 2.87. The summed E-state index contributed by atoms with van der Waals surface area (Å²) >= 11 is 0.784. The first-order valence-electron chi connectivity index (χ1n) is 3.25. The van der Waals surface area contributed by atoms with E-state index in [1.807, 2.05) is 0 Å². The van der Waals surface area contributed by atoms with Gasteiger partial charge >= 0.3 is 5.97 Å². The Kier molecular flexibility index (Phi) is 2.67. The zero-order chi connectivity index (χ0) is 10.1. The van der Waals surface area contributed by atoms with Gasteiger partial charge in [0.25, 0.3) is 0 Å². The van der Waals surface area contributed by atoms with Crippen molar-refractivity contribution in [2.75, 3.05) is 6.26 Å². The van der Waals surface area contributed by atoms with Crippen molar-refractivity contribution in [1.29, 1.82) is 0 Å². The van der Waals surface area contributed by atoms with Crippen molar-refractivity contribution in [3.8, 4) is 0 Å². The van der Waals surface area contributed by atoms with Crippen LogP contribution >= 0.6 is 11.5 Å². The number of aromatic carboxylic acids is 1. The minimum absolute atomic E-state index is 0.0543. The molecule has 7 heteroatoms. The van der Waals surface area contributed by atoms with Gasteiger partial charge in [-0.15, -0.1) is 0 Å². The molecule has 1 aromatic heterocycles. The first-order chi connectivity index (χ1) is 5.88. The molecule has 1 heterocycles. The fraction of sp³-hybridized carbons (Fsp3) is 0.333. The monoisotopic (exact) mass is 221 g/mol. The Hall–Kier alpha value is -0.950. The van der Waals surface area contributed by atoms with E-state index >= 15 is 0 Å². The quantitative estimate of drug-likeness (QED) is 0.797. The van der Waals surface area contributed by atoms with E-state index in [9.17, 15) is 13.2 Å². The van der Waals surface area contributed by atoms with E-state index in [0.717, 1.165) is 17.8 Å². The van der Waals surface area contributed by atoms with Gasteiger partial charge in [0, 0.05) is 6.26 Å². The molecular formula is C6H7NO4S2. The largest absolute Gasteiger partial charge is 0.477 e. The topological polar surface area (TPSA) is 84.3 Å². The van der Waals surface area contributed by atoms with Gasteiger partial charge in [-0.3, -0.25) is 0 Å². The lowest BCUT2D eigenvalue weighted by Crippen LogP contribution is -2.00. The first-order valence-corrected chi connectivity index (χ1v) is 6.08. The molecule has 0 saturated carbocycles. The van der Waals surface area contributed by atoms with Gasteiger partial charge in [0.15, 0.2) is 9.84 Å². The molecule has 72 valence electrons. The highest BCUT2D eigenvalue weighted by Gasteiger charge is 2.12. The van der Waals surface area contributed by atoms with Crippen LogP contribution in [-0.4, -0.2) is 30.1 Å². The third kappa shape index (κ3) is 3.11. The molecule has 0 bridgehead atoms. The summed E-state index contributed by atoms with van der Waals surface area (Å²) in [6.45, 7) is 0. The summed E-state index contributed by atoms with van der Waals surface area (Å²) in [5, 5.41) is 8.52. The fourth-order valence-corrected chi connectivity index (χ4v) is 2.12. The molecule has 1 N–H and O–H groups in total. The summed E-state index contributed by atoms with van der Waals surface area (Å²) in [6.07, 6.45) is 1.08.